The third-order valence-corrected chi connectivity index (χ3v) is 4.59. The lowest BCUT2D eigenvalue weighted by Gasteiger charge is -2.20. The van der Waals surface area contributed by atoms with Crippen LogP contribution < -0.4 is 9.64 Å². The van der Waals surface area contributed by atoms with Gasteiger partial charge in [-0.25, -0.2) is 0 Å². The fourth-order valence-electron chi connectivity index (χ4n) is 2.96. The number of carbonyl (C=O) groups is 2. The van der Waals surface area contributed by atoms with Crippen LogP contribution in [0.5, 0.6) is 5.75 Å². The molecule has 0 aromatic heterocycles. The Labute approximate surface area is 150 Å². The van der Waals surface area contributed by atoms with Crippen LogP contribution in [0.1, 0.15) is 17.5 Å². The van der Waals surface area contributed by atoms with Gasteiger partial charge in [-0.3, -0.25) is 19.7 Å². The maximum absolute atomic E-state index is 12.4. The number of hydrogen-bond donors (Lipinski definition) is 0. The largest absolute Gasteiger partial charge is 0.426 e. The summed E-state index contributed by atoms with van der Waals surface area (Å²) in [6, 6.07) is 11.0. The van der Waals surface area contributed by atoms with E-state index in [1.807, 2.05) is 32.0 Å². The van der Waals surface area contributed by atoms with Crippen LogP contribution in [-0.4, -0.2) is 23.3 Å². The molecule has 0 aliphatic carbocycles. The summed E-state index contributed by atoms with van der Waals surface area (Å²) in [7, 11) is 0. The third-order valence-electron chi connectivity index (χ3n) is 4.59. The molecule has 0 bridgehead atoms. The lowest BCUT2D eigenvalue weighted by molar-refractivity contribution is -0.384. The smallest absolute Gasteiger partial charge is 0.316 e. The van der Waals surface area contributed by atoms with Crippen molar-refractivity contribution in [3.05, 3.63) is 63.7 Å². The van der Waals surface area contributed by atoms with Gasteiger partial charge in [-0.05, 0) is 43.2 Å². The first-order valence-electron chi connectivity index (χ1n) is 8.19. The zero-order chi connectivity index (χ0) is 18.8. The van der Waals surface area contributed by atoms with Crippen molar-refractivity contribution in [3.8, 4) is 5.75 Å². The molecule has 1 atom stereocenters. The highest BCUT2D eigenvalue weighted by Crippen LogP contribution is 2.30. The standard InChI is InChI=1S/C19H18N2O5/c1-12-4-3-5-17(13(12)2)20-11-14(10-18(20)22)19(23)26-16-8-6-15(7-9-16)21(24)25/h3-9,14H,10-11H2,1-2H3. The lowest BCUT2D eigenvalue weighted by Crippen LogP contribution is -2.28. The Balaban J connectivity index is 1.71. The highest BCUT2D eigenvalue weighted by molar-refractivity contribution is 6.00. The van der Waals surface area contributed by atoms with Crippen LogP contribution in [0, 0.1) is 29.9 Å². The molecule has 26 heavy (non-hydrogen) atoms. The fraction of sp³-hybridized carbons (Fsp3) is 0.263. The number of rotatable bonds is 4. The second-order valence-electron chi connectivity index (χ2n) is 6.30. The van der Waals surface area contributed by atoms with Crippen LogP contribution in [0.2, 0.25) is 0 Å². The first-order chi connectivity index (χ1) is 12.4. The Morgan fingerprint density at radius 1 is 1.19 bits per heavy atom. The van der Waals surface area contributed by atoms with Gasteiger partial charge in [0.2, 0.25) is 5.91 Å². The van der Waals surface area contributed by atoms with E-state index in [1.54, 1.807) is 4.90 Å². The molecule has 0 N–H and O–H groups in total. The van der Waals surface area contributed by atoms with E-state index in [1.165, 1.54) is 24.3 Å². The van der Waals surface area contributed by atoms with Gasteiger partial charge in [0.1, 0.15) is 5.75 Å². The number of nitro groups is 1. The van der Waals surface area contributed by atoms with E-state index in [0.29, 0.717) is 0 Å². The summed E-state index contributed by atoms with van der Waals surface area (Å²) in [6.07, 6.45) is 0.0825. The Morgan fingerprint density at radius 3 is 2.54 bits per heavy atom. The molecule has 0 saturated carbocycles. The average Bonchev–Trinajstić information content (AvgIpc) is 2.99. The number of nitrogens with zero attached hydrogens (tertiary/aromatic N) is 2. The molecule has 1 saturated heterocycles. The highest BCUT2D eigenvalue weighted by atomic mass is 16.6. The monoisotopic (exact) mass is 354 g/mol. The van der Waals surface area contributed by atoms with Crippen LogP contribution in [-0.2, 0) is 9.59 Å². The number of anilines is 1. The van der Waals surface area contributed by atoms with E-state index < -0.39 is 16.8 Å². The third kappa shape index (κ3) is 3.42. The number of ether oxygens (including phenoxy) is 1. The number of esters is 1. The summed E-state index contributed by atoms with van der Waals surface area (Å²) in [6.45, 7) is 4.18. The molecule has 1 heterocycles. The maximum atomic E-state index is 12.4. The summed E-state index contributed by atoms with van der Waals surface area (Å²) >= 11 is 0. The van der Waals surface area contributed by atoms with Crippen molar-refractivity contribution in [2.75, 3.05) is 11.4 Å². The van der Waals surface area contributed by atoms with Crippen molar-refractivity contribution in [1.82, 2.24) is 0 Å². The molecule has 3 rings (SSSR count). The Hall–Kier alpha value is -3.22. The van der Waals surface area contributed by atoms with Crippen LogP contribution in [0.25, 0.3) is 0 Å². The quantitative estimate of drug-likeness (QED) is 0.364. The van der Waals surface area contributed by atoms with Crippen molar-refractivity contribution < 1.29 is 19.2 Å². The molecule has 1 aliphatic rings. The number of nitro benzene ring substituents is 1. The number of aryl methyl sites for hydroxylation is 1. The topological polar surface area (TPSA) is 89.8 Å². The molecular weight excluding hydrogens is 336 g/mol. The van der Waals surface area contributed by atoms with Gasteiger partial charge in [0.25, 0.3) is 5.69 Å². The molecule has 7 heteroatoms. The first-order valence-corrected chi connectivity index (χ1v) is 8.19. The van der Waals surface area contributed by atoms with E-state index >= 15 is 0 Å². The van der Waals surface area contributed by atoms with Gasteiger partial charge < -0.3 is 9.64 Å². The van der Waals surface area contributed by atoms with Gasteiger partial charge in [0.15, 0.2) is 0 Å². The van der Waals surface area contributed by atoms with E-state index in [0.717, 1.165) is 16.8 Å². The molecule has 1 fully saturated rings. The minimum absolute atomic E-state index is 0.0815. The molecule has 0 spiro atoms. The van der Waals surface area contributed by atoms with Crippen molar-refractivity contribution in [3.63, 3.8) is 0 Å². The Kier molecular flexibility index (Phi) is 4.71. The van der Waals surface area contributed by atoms with Gasteiger partial charge in [-0.15, -0.1) is 0 Å². The molecule has 7 nitrogen and oxygen atoms in total. The summed E-state index contributed by atoms with van der Waals surface area (Å²) in [4.78, 5) is 36.5. The molecule has 1 amide bonds. The highest BCUT2D eigenvalue weighted by Gasteiger charge is 2.37. The summed E-state index contributed by atoms with van der Waals surface area (Å²) in [5.74, 6) is -0.986. The Bertz CT molecular complexity index is 876. The number of non-ortho nitro benzene ring substituents is 1. The van der Waals surface area contributed by atoms with E-state index in [-0.39, 0.29) is 30.3 Å². The first kappa shape index (κ1) is 17.6. The zero-order valence-corrected chi connectivity index (χ0v) is 14.5. The Morgan fingerprint density at radius 2 is 1.88 bits per heavy atom. The predicted molar refractivity (Wildman–Crippen MR) is 95.1 cm³/mol. The van der Waals surface area contributed by atoms with E-state index in [9.17, 15) is 19.7 Å². The van der Waals surface area contributed by atoms with Crippen LogP contribution in [0.4, 0.5) is 11.4 Å². The average molecular weight is 354 g/mol. The van der Waals surface area contributed by atoms with Crippen molar-refractivity contribution in [2.24, 2.45) is 5.92 Å². The van der Waals surface area contributed by atoms with Crippen LogP contribution in [0.15, 0.2) is 42.5 Å². The number of carbonyl (C=O) groups excluding carboxylic acids is 2. The van der Waals surface area contributed by atoms with Gasteiger partial charge in [0, 0.05) is 30.8 Å². The van der Waals surface area contributed by atoms with Crippen molar-refractivity contribution in [2.45, 2.75) is 20.3 Å². The molecule has 2 aromatic carbocycles. The number of benzene rings is 2. The summed E-state index contributed by atoms with van der Waals surface area (Å²) < 4.78 is 5.28. The van der Waals surface area contributed by atoms with Gasteiger partial charge in [-0.1, -0.05) is 12.1 Å². The van der Waals surface area contributed by atoms with Crippen molar-refractivity contribution >= 4 is 23.3 Å². The minimum atomic E-state index is -0.572. The lowest BCUT2D eigenvalue weighted by atomic mass is 10.1. The van der Waals surface area contributed by atoms with Crippen LogP contribution >= 0.6 is 0 Å². The van der Waals surface area contributed by atoms with Gasteiger partial charge >= 0.3 is 5.97 Å². The van der Waals surface area contributed by atoms with Gasteiger partial charge in [-0.2, -0.15) is 0 Å². The SMILES string of the molecule is Cc1cccc(N2CC(C(=O)Oc3ccc([N+](=O)[O-])cc3)CC2=O)c1C. The van der Waals surface area contributed by atoms with E-state index in [4.69, 9.17) is 4.74 Å². The molecule has 134 valence electrons. The summed E-state index contributed by atoms with van der Waals surface area (Å²) in [5.41, 5.74) is 2.81. The molecular formula is C19H18N2O5. The summed E-state index contributed by atoms with van der Waals surface area (Å²) in [5, 5.41) is 10.7. The number of hydrogen-bond acceptors (Lipinski definition) is 5. The number of amides is 1. The minimum Gasteiger partial charge on any atom is -0.426 e. The fourth-order valence-corrected chi connectivity index (χ4v) is 2.96. The second kappa shape index (κ2) is 6.95. The molecule has 2 aromatic rings. The molecule has 0 radical (unpaired) electrons. The van der Waals surface area contributed by atoms with Crippen molar-refractivity contribution in [1.29, 1.82) is 0 Å². The molecule has 1 unspecified atom stereocenters. The van der Waals surface area contributed by atoms with E-state index in [2.05, 4.69) is 0 Å². The zero-order valence-electron chi connectivity index (χ0n) is 14.5. The maximum Gasteiger partial charge on any atom is 0.316 e. The van der Waals surface area contributed by atoms with Crippen LogP contribution in [0.3, 0.4) is 0 Å². The molecule has 1 aliphatic heterocycles. The predicted octanol–water partition coefficient (Wildman–Crippen LogP) is 3.17. The normalized spacial score (nSPS) is 16.6. The second-order valence-corrected chi connectivity index (χ2v) is 6.30. The van der Waals surface area contributed by atoms with Gasteiger partial charge in [0.05, 0.1) is 10.8 Å².